The highest BCUT2D eigenvalue weighted by atomic mass is 16.5. The van der Waals surface area contributed by atoms with Crippen molar-refractivity contribution in [2.75, 3.05) is 27.3 Å². The Balaban J connectivity index is 3.19. The lowest BCUT2D eigenvalue weighted by Gasteiger charge is -2.22. The fraction of sp³-hybridized carbons (Fsp3) is 0.429. The van der Waals surface area contributed by atoms with Gasteiger partial charge in [0.2, 0.25) is 0 Å². The van der Waals surface area contributed by atoms with Crippen molar-refractivity contribution in [1.82, 2.24) is 4.90 Å². The second-order valence-corrected chi connectivity index (χ2v) is 4.16. The number of carbonyl (C=O) groups is 2. The van der Waals surface area contributed by atoms with Crippen molar-refractivity contribution in [2.24, 2.45) is 0 Å². The molecule has 0 aliphatic rings. The Morgan fingerprint density at radius 2 is 1.75 bits per heavy atom. The van der Waals surface area contributed by atoms with Crippen LogP contribution in [0, 0.1) is 0 Å². The molecule has 0 unspecified atom stereocenters. The summed E-state index contributed by atoms with van der Waals surface area (Å²) in [6, 6.07) is 4.98. The fourth-order valence-corrected chi connectivity index (χ4v) is 1.91. The van der Waals surface area contributed by atoms with E-state index in [1.165, 1.54) is 19.1 Å². The normalized spacial score (nSPS) is 9.95. The van der Waals surface area contributed by atoms with E-state index in [4.69, 9.17) is 14.6 Å². The van der Waals surface area contributed by atoms with Crippen molar-refractivity contribution in [2.45, 2.75) is 13.3 Å². The highest BCUT2D eigenvalue weighted by Crippen LogP contribution is 2.29. The predicted molar refractivity (Wildman–Crippen MR) is 73.4 cm³/mol. The van der Waals surface area contributed by atoms with Crippen molar-refractivity contribution in [3.05, 3.63) is 23.8 Å². The second-order valence-electron chi connectivity index (χ2n) is 4.16. The summed E-state index contributed by atoms with van der Waals surface area (Å²) in [7, 11) is 2.90. The van der Waals surface area contributed by atoms with Crippen LogP contribution in [-0.4, -0.2) is 49.2 Å². The summed E-state index contributed by atoms with van der Waals surface area (Å²) in [5.41, 5.74) is 0.243. The highest BCUT2D eigenvalue weighted by Gasteiger charge is 2.24. The largest absolute Gasteiger partial charge is 0.496 e. The van der Waals surface area contributed by atoms with Gasteiger partial charge >= 0.3 is 5.97 Å². The van der Waals surface area contributed by atoms with Gasteiger partial charge in [0.05, 0.1) is 14.2 Å². The zero-order valence-corrected chi connectivity index (χ0v) is 11.9. The standard InChI is InChI=1S/C14H19NO5/c1-4-8-15(9-12(16)17)14(18)13-10(19-2)6-5-7-11(13)20-3/h5-7H,4,8-9H2,1-3H3,(H,16,17). The molecule has 1 aromatic rings. The van der Waals surface area contributed by atoms with Gasteiger partial charge in [-0.3, -0.25) is 9.59 Å². The third-order valence-corrected chi connectivity index (χ3v) is 2.75. The first-order valence-corrected chi connectivity index (χ1v) is 6.27. The first kappa shape index (κ1) is 15.8. The van der Waals surface area contributed by atoms with E-state index in [1.54, 1.807) is 18.2 Å². The van der Waals surface area contributed by atoms with Crippen LogP contribution < -0.4 is 9.47 Å². The molecule has 0 atom stereocenters. The maximum atomic E-state index is 12.5. The van der Waals surface area contributed by atoms with E-state index in [0.717, 1.165) is 0 Å². The molecule has 0 aromatic heterocycles. The van der Waals surface area contributed by atoms with Crippen molar-refractivity contribution < 1.29 is 24.2 Å². The molecule has 0 saturated carbocycles. The van der Waals surface area contributed by atoms with Gasteiger partial charge in [-0.2, -0.15) is 0 Å². The Morgan fingerprint density at radius 1 is 1.20 bits per heavy atom. The SMILES string of the molecule is CCCN(CC(=O)O)C(=O)c1c(OC)cccc1OC. The molecule has 1 amide bonds. The maximum absolute atomic E-state index is 12.5. The van der Waals surface area contributed by atoms with E-state index in [-0.39, 0.29) is 12.1 Å². The van der Waals surface area contributed by atoms with Crippen LogP contribution in [0.5, 0.6) is 11.5 Å². The number of benzene rings is 1. The highest BCUT2D eigenvalue weighted by molar-refractivity contribution is 6.00. The third kappa shape index (κ3) is 3.63. The summed E-state index contributed by atoms with van der Waals surface area (Å²) in [5, 5.41) is 8.90. The topological polar surface area (TPSA) is 76.1 Å². The zero-order chi connectivity index (χ0) is 15.1. The summed E-state index contributed by atoms with van der Waals surface area (Å²) < 4.78 is 10.3. The van der Waals surface area contributed by atoms with Crippen LogP contribution in [0.1, 0.15) is 23.7 Å². The molecule has 1 aromatic carbocycles. The molecule has 6 nitrogen and oxygen atoms in total. The van der Waals surface area contributed by atoms with E-state index < -0.39 is 11.9 Å². The smallest absolute Gasteiger partial charge is 0.323 e. The lowest BCUT2D eigenvalue weighted by Crippen LogP contribution is -2.36. The molecule has 0 fully saturated rings. The number of amides is 1. The minimum atomic E-state index is -1.05. The van der Waals surface area contributed by atoms with E-state index in [2.05, 4.69) is 0 Å². The van der Waals surface area contributed by atoms with Gasteiger partial charge in [-0.1, -0.05) is 13.0 Å². The maximum Gasteiger partial charge on any atom is 0.323 e. The molecule has 0 heterocycles. The molecule has 0 spiro atoms. The number of carboxylic acid groups (broad SMARTS) is 1. The Bertz CT molecular complexity index is 464. The Hall–Kier alpha value is -2.24. The van der Waals surface area contributed by atoms with E-state index >= 15 is 0 Å². The minimum Gasteiger partial charge on any atom is -0.496 e. The molecule has 20 heavy (non-hydrogen) atoms. The van der Waals surface area contributed by atoms with Gasteiger partial charge in [-0.25, -0.2) is 0 Å². The number of carbonyl (C=O) groups excluding carboxylic acids is 1. The Kier molecular flexibility index (Phi) is 5.83. The number of hydrogen-bond donors (Lipinski definition) is 1. The van der Waals surface area contributed by atoms with Crippen LogP contribution in [-0.2, 0) is 4.79 Å². The summed E-state index contributed by atoms with van der Waals surface area (Å²) in [4.78, 5) is 24.7. The first-order chi connectivity index (χ1) is 9.54. The average Bonchev–Trinajstić information content (AvgIpc) is 2.44. The number of nitrogens with zero attached hydrogens (tertiary/aromatic N) is 1. The number of methoxy groups -OCH3 is 2. The summed E-state index contributed by atoms with van der Waals surface area (Å²) in [5.74, 6) is -0.745. The zero-order valence-electron chi connectivity index (χ0n) is 11.9. The second kappa shape index (κ2) is 7.37. The molecule has 0 radical (unpaired) electrons. The van der Waals surface area contributed by atoms with Crippen LogP contribution in [0.15, 0.2) is 18.2 Å². The van der Waals surface area contributed by atoms with Gasteiger partial charge in [0.15, 0.2) is 0 Å². The monoisotopic (exact) mass is 281 g/mol. The molecule has 0 bridgehead atoms. The molecule has 1 rings (SSSR count). The number of hydrogen-bond acceptors (Lipinski definition) is 4. The van der Waals surface area contributed by atoms with Crippen LogP contribution in [0.25, 0.3) is 0 Å². The number of aliphatic carboxylic acids is 1. The van der Waals surface area contributed by atoms with Gasteiger partial charge in [0, 0.05) is 6.54 Å². The molecule has 0 aliphatic carbocycles. The third-order valence-electron chi connectivity index (χ3n) is 2.75. The molecule has 1 N–H and O–H groups in total. The molecular weight excluding hydrogens is 262 g/mol. The van der Waals surface area contributed by atoms with Crippen LogP contribution in [0.3, 0.4) is 0 Å². The minimum absolute atomic E-state index is 0.243. The Labute approximate surface area is 117 Å². The van der Waals surface area contributed by atoms with Crippen molar-refractivity contribution in [3.8, 4) is 11.5 Å². The predicted octanol–water partition coefficient (Wildman–Crippen LogP) is 1.64. The van der Waals surface area contributed by atoms with E-state index in [0.29, 0.717) is 24.5 Å². The lowest BCUT2D eigenvalue weighted by molar-refractivity contribution is -0.137. The summed E-state index contributed by atoms with van der Waals surface area (Å²) >= 11 is 0. The summed E-state index contributed by atoms with van der Waals surface area (Å²) in [6.45, 7) is 1.88. The first-order valence-electron chi connectivity index (χ1n) is 6.27. The Morgan fingerprint density at radius 3 is 2.15 bits per heavy atom. The molecule has 0 saturated heterocycles. The molecule has 6 heteroatoms. The quantitative estimate of drug-likeness (QED) is 0.822. The van der Waals surface area contributed by atoms with Crippen molar-refractivity contribution in [1.29, 1.82) is 0 Å². The van der Waals surface area contributed by atoms with Crippen LogP contribution in [0.4, 0.5) is 0 Å². The number of carboxylic acids is 1. The number of ether oxygens (including phenoxy) is 2. The van der Waals surface area contributed by atoms with Gasteiger partial charge in [0.25, 0.3) is 5.91 Å². The number of rotatable bonds is 7. The van der Waals surface area contributed by atoms with Gasteiger partial charge in [-0.15, -0.1) is 0 Å². The van der Waals surface area contributed by atoms with Gasteiger partial charge in [-0.05, 0) is 18.6 Å². The van der Waals surface area contributed by atoms with Gasteiger partial charge in [0.1, 0.15) is 23.6 Å². The van der Waals surface area contributed by atoms with Crippen LogP contribution >= 0.6 is 0 Å². The molecular formula is C14H19NO5. The fourth-order valence-electron chi connectivity index (χ4n) is 1.91. The average molecular weight is 281 g/mol. The lowest BCUT2D eigenvalue weighted by atomic mass is 10.1. The molecule has 110 valence electrons. The van der Waals surface area contributed by atoms with Crippen molar-refractivity contribution in [3.63, 3.8) is 0 Å². The van der Waals surface area contributed by atoms with Crippen LogP contribution in [0.2, 0.25) is 0 Å². The van der Waals surface area contributed by atoms with Crippen molar-refractivity contribution >= 4 is 11.9 Å². The summed E-state index contributed by atoms with van der Waals surface area (Å²) in [6.07, 6.45) is 0.663. The van der Waals surface area contributed by atoms with E-state index in [1.807, 2.05) is 6.92 Å². The molecule has 0 aliphatic heterocycles. The van der Waals surface area contributed by atoms with E-state index in [9.17, 15) is 9.59 Å². The van der Waals surface area contributed by atoms with Gasteiger partial charge < -0.3 is 19.5 Å².